The van der Waals surface area contributed by atoms with E-state index in [0.29, 0.717) is 12.5 Å². The molecule has 136 valence electrons. The van der Waals surface area contributed by atoms with Crippen molar-refractivity contribution >= 4 is 17.9 Å². The Balaban J connectivity index is 2.53. The number of thioether (sulfide) groups is 1. The molecule has 0 spiro atoms. The lowest BCUT2D eigenvalue weighted by Gasteiger charge is -2.44. The molecule has 5 heteroatoms. The Kier molecular flexibility index (Phi) is 8.76. The maximum Gasteiger partial charge on any atom is 0.407 e. The van der Waals surface area contributed by atoms with E-state index >= 15 is 0 Å². The summed E-state index contributed by atoms with van der Waals surface area (Å²) >= 11 is 1.99. The average molecular weight is 345 g/mol. The fourth-order valence-corrected chi connectivity index (χ4v) is 3.84. The molecule has 1 aliphatic carbocycles. The Morgan fingerprint density at radius 3 is 2.70 bits per heavy atom. The molecule has 2 N–H and O–H groups in total. The van der Waals surface area contributed by atoms with Crippen molar-refractivity contribution in [2.24, 2.45) is 5.92 Å². The van der Waals surface area contributed by atoms with E-state index in [0.717, 1.165) is 13.0 Å². The highest BCUT2D eigenvalue weighted by molar-refractivity contribution is 7.99. The molecule has 0 heterocycles. The lowest BCUT2D eigenvalue weighted by atomic mass is 9.73. The molecule has 0 aromatic carbocycles. The molecular weight excluding hydrogens is 308 g/mol. The zero-order valence-corrected chi connectivity index (χ0v) is 16.5. The van der Waals surface area contributed by atoms with Crippen LogP contribution in [-0.2, 0) is 4.74 Å². The summed E-state index contributed by atoms with van der Waals surface area (Å²) in [5.74, 6) is 2.96. The number of hydrogen-bond donors (Lipinski definition) is 2. The summed E-state index contributed by atoms with van der Waals surface area (Å²) in [4.78, 5) is 12.0. The van der Waals surface area contributed by atoms with Crippen molar-refractivity contribution in [1.82, 2.24) is 10.6 Å². The minimum absolute atomic E-state index is 0.0199. The van der Waals surface area contributed by atoms with Crippen LogP contribution in [0.4, 0.5) is 4.79 Å². The molecule has 1 aliphatic rings. The van der Waals surface area contributed by atoms with Crippen molar-refractivity contribution in [1.29, 1.82) is 0 Å². The van der Waals surface area contributed by atoms with Gasteiger partial charge in [-0.25, -0.2) is 4.79 Å². The van der Waals surface area contributed by atoms with Gasteiger partial charge in [0.15, 0.2) is 0 Å². The molecule has 2 atom stereocenters. The topological polar surface area (TPSA) is 50.4 Å². The van der Waals surface area contributed by atoms with E-state index in [1.807, 2.05) is 32.5 Å². The van der Waals surface area contributed by atoms with Gasteiger partial charge >= 0.3 is 6.09 Å². The molecule has 0 aliphatic heterocycles. The van der Waals surface area contributed by atoms with Crippen LogP contribution in [0.3, 0.4) is 0 Å². The van der Waals surface area contributed by atoms with Gasteiger partial charge < -0.3 is 15.4 Å². The second kappa shape index (κ2) is 9.77. The van der Waals surface area contributed by atoms with E-state index in [1.54, 1.807) is 0 Å². The van der Waals surface area contributed by atoms with Gasteiger partial charge in [-0.3, -0.25) is 0 Å². The van der Waals surface area contributed by atoms with Crippen LogP contribution in [0.1, 0.15) is 66.7 Å². The maximum absolute atomic E-state index is 12.0. The monoisotopic (exact) mass is 344 g/mol. The van der Waals surface area contributed by atoms with Crippen LogP contribution in [0.2, 0.25) is 0 Å². The molecule has 0 aromatic rings. The predicted octanol–water partition coefficient (Wildman–Crippen LogP) is 4.19. The zero-order chi connectivity index (χ0) is 17.3. The first-order valence-electron chi connectivity index (χ1n) is 9.09. The average Bonchev–Trinajstić information content (AvgIpc) is 2.46. The first-order chi connectivity index (χ1) is 10.8. The molecule has 0 saturated heterocycles. The molecule has 2 unspecified atom stereocenters. The molecule has 1 saturated carbocycles. The third-order valence-corrected chi connectivity index (χ3v) is 5.53. The lowest BCUT2D eigenvalue weighted by molar-refractivity contribution is 0.0480. The quantitative estimate of drug-likeness (QED) is 0.648. The Labute approximate surface area is 146 Å². The van der Waals surface area contributed by atoms with Crippen molar-refractivity contribution < 1.29 is 9.53 Å². The Hall–Kier alpha value is -0.420. The van der Waals surface area contributed by atoms with Gasteiger partial charge in [0.05, 0.1) is 0 Å². The summed E-state index contributed by atoms with van der Waals surface area (Å²) in [6, 6.07) is 0. The molecule has 1 amide bonds. The third-order valence-electron chi connectivity index (χ3n) is 4.55. The third kappa shape index (κ3) is 7.79. The van der Waals surface area contributed by atoms with Crippen LogP contribution < -0.4 is 10.6 Å². The normalized spacial score (nSPS) is 25.2. The van der Waals surface area contributed by atoms with Crippen molar-refractivity contribution in [3.05, 3.63) is 0 Å². The van der Waals surface area contributed by atoms with Crippen molar-refractivity contribution in [3.8, 4) is 0 Å². The molecular formula is C18H36N2O2S. The maximum atomic E-state index is 12.0. The molecule has 0 bridgehead atoms. The molecule has 23 heavy (non-hydrogen) atoms. The van der Waals surface area contributed by atoms with E-state index < -0.39 is 5.60 Å². The van der Waals surface area contributed by atoms with Crippen LogP contribution in [-0.4, -0.2) is 41.8 Å². The lowest BCUT2D eigenvalue weighted by Crippen LogP contribution is -2.59. The minimum Gasteiger partial charge on any atom is -0.444 e. The highest BCUT2D eigenvalue weighted by Crippen LogP contribution is 2.33. The number of nitrogens with one attached hydrogen (secondary N) is 2. The van der Waals surface area contributed by atoms with Crippen LogP contribution in [0.15, 0.2) is 0 Å². The zero-order valence-electron chi connectivity index (χ0n) is 15.7. The van der Waals surface area contributed by atoms with Gasteiger partial charge in [0.25, 0.3) is 0 Å². The number of carbonyl (C=O) groups excluding carboxylic acids is 1. The van der Waals surface area contributed by atoms with Crippen molar-refractivity contribution in [2.75, 3.05) is 24.6 Å². The summed E-state index contributed by atoms with van der Waals surface area (Å²) in [6.07, 6.45) is 5.76. The number of rotatable bonds is 8. The van der Waals surface area contributed by atoms with Gasteiger partial charge in [0, 0.05) is 12.1 Å². The SMILES string of the molecule is CCSCCCNC1(CNC(=O)OC(C)(C)C)CCCCC1C. The smallest absolute Gasteiger partial charge is 0.407 e. The van der Waals surface area contributed by atoms with Gasteiger partial charge in [-0.2, -0.15) is 11.8 Å². The minimum atomic E-state index is -0.444. The van der Waals surface area contributed by atoms with Crippen LogP contribution in [0.5, 0.6) is 0 Å². The molecule has 0 aromatic heterocycles. The summed E-state index contributed by atoms with van der Waals surface area (Å²) in [6.45, 7) is 11.9. The second-order valence-corrected chi connectivity index (χ2v) is 9.03. The fraction of sp³-hybridized carbons (Fsp3) is 0.944. The fourth-order valence-electron chi connectivity index (χ4n) is 3.20. The van der Waals surface area contributed by atoms with Crippen LogP contribution in [0, 0.1) is 5.92 Å². The number of hydrogen-bond acceptors (Lipinski definition) is 4. The predicted molar refractivity (Wildman–Crippen MR) is 100 cm³/mol. The summed E-state index contributed by atoms with van der Waals surface area (Å²) in [7, 11) is 0. The highest BCUT2D eigenvalue weighted by atomic mass is 32.2. The molecule has 0 radical (unpaired) electrons. The van der Waals surface area contributed by atoms with Crippen molar-refractivity contribution in [2.45, 2.75) is 77.9 Å². The van der Waals surface area contributed by atoms with Gasteiger partial charge in [0.2, 0.25) is 0 Å². The van der Waals surface area contributed by atoms with Crippen LogP contribution >= 0.6 is 11.8 Å². The molecule has 1 fully saturated rings. The number of amides is 1. The van der Waals surface area contributed by atoms with E-state index in [4.69, 9.17) is 4.74 Å². The standard InChI is InChI=1S/C18H36N2O2S/c1-6-23-13-9-12-20-18(11-8-7-10-15(18)2)14-19-16(21)22-17(3,4)5/h15,20H,6-14H2,1-5H3,(H,19,21). The Bertz CT molecular complexity index is 357. The van der Waals surface area contributed by atoms with E-state index in [1.165, 1.54) is 37.2 Å². The van der Waals surface area contributed by atoms with Gasteiger partial charge in [-0.15, -0.1) is 0 Å². The first-order valence-corrected chi connectivity index (χ1v) is 10.2. The highest BCUT2D eigenvalue weighted by Gasteiger charge is 2.38. The van der Waals surface area contributed by atoms with Gasteiger partial charge in [0.1, 0.15) is 5.60 Å². The van der Waals surface area contributed by atoms with E-state index in [-0.39, 0.29) is 11.6 Å². The number of alkyl carbamates (subject to hydrolysis) is 1. The molecule has 1 rings (SSSR count). The largest absolute Gasteiger partial charge is 0.444 e. The van der Waals surface area contributed by atoms with E-state index in [9.17, 15) is 4.79 Å². The Morgan fingerprint density at radius 2 is 2.09 bits per heavy atom. The van der Waals surface area contributed by atoms with E-state index in [2.05, 4.69) is 24.5 Å². The van der Waals surface area contributed by atoms with Gasteiger partial charge in [-0.05, 0) is 64.0 Å². The second-order valence-electron chi connectivity index (χ2n) is 7.64. The Morgan fingerprint density at radius 1 is 1.35 bits per heavy atom. The van der Waals surface area contributed by atoms with Gasteiger partial charge in [-0.1, -0.05) is 26.7 Å². The summed E-state index contributed by atoms with van der Waals surface area (Å²) < 4.78 is 5.39. The number of carbonyl (C=O) groups is 1. The number of ether oxygens (including phenoxy) is 1. The van der Waals surface area contributed by atoms with Crippen molar-refractivity contribution in [3.63, 3.8) is 0 Å². The summed E-state index contributed by atoms with van der Waals surface area (Å²) in [5.41, 5.74) is -0.424. The van der Waals surface area contributed by atoms with Crippen LogP contribution in [0.25, 0.3) is 0 Å². The first kappa shape index (κ1) is 20.6. The molecule has 4 nitrogen and oxygen atoms in total. The summed E-state index contributed by atoms with van der Waals surface area (Å²) in [5, 5.41) is 6.78.